The summed E-state index contributed by atoms with van der Waals surface area (Å²) in [5.41, 5.74) is 5.54. The van der Waals surface area contributed by atoms with E-state index in [4.69, 9.17) is 4.74 Å². The average molecular weight is 330 g/mol. The molecule has 1 amide bonds. The maximum atomic E-state index is 12.1. The van der Waals surface area contributed by atoms with Gasteiger partial charge in [-0.05, 0) is 63.9 Å². The van der Waals surface area contributed by atoms with Crippen LogP contribution in [0.4, 0.5) is 0 Å². The van der Waals surface area contributed by atoms with E-state index in [1.54, 1.807) is 18.3 Å². The van der Waals surface area contributed by atoms with Gasteiger partial charge in [0, 0.05) is 4.88 Å². The maximum Gasteiger partial charge on any atom is 0.280 e. The summed E-state index contributed by atoms with van der Waals surface area (Å²) in [5.74, 6) is 0.459. The molecule has 1 N–H and O–H groups in total. The van der Waals surface area contributed by atoms with Gasteiger partial charge in [0.05, 0.1) is 10.6 Å². The first kappa shape index (κ1) is 17.2. The largest absolute Gasteiger partial charge is 0.481 e. The first-order chi connectivity index (χ1) is 10.9. The predicted octanol–water partition coefficient (Wildman–Crippen LogP) is 3.98. The van der Waals surface area contributed by atoms with Crippen molar-refractivity contribution in [2.24, 2.45) is 5.10 Å². The van der Waals surface area contributed by atoms with Crippen molar-refractivity contribution in [1.82, 2.24) is 5.43 Å². The van der Waals surface area contributed by atoms with E-state index in [0.717, 1.165) is 27.5 Å². The van der Waals surface area contributed by atoms with Gasteiger partial charge in [-0.2, -0.15) is 5.10 Å². The molecule has 0 spiro atoms. The molecule has 1 heterocycles. The van der Waals surface area contributed by atoms with E-state index in [2.05, 4.69) is 10.5 Å². The highest BCUT2D eigenvalue weighted by molar-refractivity contribution is 7.14. The van der Waals surface area contributed by atoms with Gasteiger partial charge in [-0.15, -0.1) is 11.3 Å². The summed E-state index contributed by atoms with van der Waals surface area (Å²) in [5, 5.41) is 4.16. The lowest BCUT2D eigenvalue weighted by Crippen LogP contribution is -2.34. The van der Waals surface area contributed by atoms with Gasteiger partial charge in [0.2, 0.25) is 0 Å². The third-order valence-electron chi connectivity index (χ3n) is 3.66. The number of carbonyl (C=O) groups is 1. The SMILES string of the molecule is C/C(=N/NC(=O)[C@@H](C)Oc1cccc(C)c1C)c1ccc(C)s1. The molecule has 1 aromatic heterocycles. The minimum Gasteiger partial charge on any atom is -0.481 e. The minimum absolute atomic E-state index is 0.265. The first-order valence-electron chi connectivity index (χ1n) is 7.52. The molecule has 0 radical (unpaired) electrons. The standard InChI is InChI=1S/C18H22N2O2S/c1-11-7-6-8-16(13(11)3)22-15(5)18(21)20-19-14(4)17-10-9-12(2)23-17/h6-10,15H,1-5H3,(H,20,21)/b19-14-/t15-/m1/s1. The Labute approximate surface area is 141 Å². The molecule has 4 nitrogen and oxygen atoms in total. The van der Waals surface area contributed by atoms with Crippen LogP contribution >= 0.6 is 11.3 Å². The summed E-state index contributed by atoms with van der Waals surface area (Å²) in [6.07, 6.45) is -0.614. The predicted molar refractivity (Wildman–Crippen MR) is 95.4 cm³/mol. The van der Waals surface area contributed by atoms with Crippen molar-refractivity contribution >= 4 is 23.0 Å². The van der Waals surface area contributed by atoms with Crippen molar-refractivity contribution in [3.63, 3.8) is 0 Å². The van der Waals surface area contributed by atoms with Crippen LogP contribution < -0.4 is 10.2 Å². The normalized spacial score (nSPS) is 12.8. The molecule has 122 valence electrons. The number of hydrogen-bond acceptors (Lipinski definition) is 4. The van der Waals surface area contributed by atoms with E-state index in [-0.39, 0.29) is 5.91 Å². The van der Waals surface area contributed by atoms with Crippen LogP contribution in [0.5, 0.6) is 5.75 Å². The van der Waals surface area contributed by atoms with Gasteiger partial charge < -0.3 is 4.74 Å². The molecule has 0 aliphatic rings. The van der Waals surface area contributed by atoms with Gasteiger partial charge in [0.1, 0.15) is 5.75 Å². The molecule has 0 unspecified atom stereocenters. The summed E-state index contributed by atoms with van der Waals surface area (Å²) >= 11 is 1.65. The second-order valence-electron chi connectivity index (χ2n) is 5.54. The quantitative estimate of drug-likeness (QED) is 0.666. The molecule has 1 atom stereocenters. The van der Waals surface area contributed by atoms with E-state index in [0.29, 0.717) is 0 Å². The maximum absolute atomic E-state index is 12.1. The van der Waals surface area contributed by atoms with Crippen LogP contribution in [-0.4, -0.2) is 17.7 Å². The van der Waals surface area contributed by atoms with Crippen LogP contribution in [0.3, 0.4) is 0 Å². The summed E-state index contributed by atoms with van der Waals surface area (Å²) in [4.78, 5) is 14.4. The molecule has 0 saturated carbocycles. The Kier molecular flexibility index (Phi) is 5.55. The Hall–Kier alpha value is -2.14. The summed E-state index contributed by atoms with van der Waals surface area (Å²) < 4.78 is 5.75. The average Bonchev–Trinajstić information content (AvgIpc) is 2.95. The Morgan fingerprint density at radius 2 is 1.96 bits per heavy atom. The Bertz CT molecular complexity index is 734. The van der Waals surface area contributed by atoms with Gasteiger partial charge in [-0.3, -0.25) is 4.79 Å². The Morgan fingerprint density at radius 1 is 1.22 bits per heavy atom. The number of thiophene rings is 1. The van der Waals surface area contributed by atoms with Gasteiger partial charge in [0.15, 0.2) is 6.10 Å². The number of benzene rings is 1. The topological polar surface area (TPSA) is 50.7 Å². The van der Waals surface area contributed by atoms with E-state index >= 15 is 0 Å². The number of hydrazone groups is 1. The van der Waals surface area contributed by atoms with Crippen LogP contribution in [0, 0.1) is 20.8 Å². The lowest BCUT2D eigenvalue weighted by molar-refractivity contribution is -0.127. The first-order valence-corrected chi connectivity index (χ1v) is 8.34. The van der Waals surface area contributed by atoms with E-state index < -0.39 is 6.10 Å². The Morgan fingerprint density at radius 3 is 2.61 bits per heavy atom. The Balaban J connectivity index is 1.99. The zero-order chi connectivity index (χ0) is 17.0. The van der Waals surface area contributed by atoms with Crippen LogP contribution in [0.2, 0.25) is 0 Å². The third-order valence-corrected chi connectivity index (χ3v) is 4.77. The van der Waals surface area contributed by atoms with Crippen LogP contribution in [0.15, 0.2) is 35.4 Å². The molecular formula is C18H22N2O2S. The fourth-order valence-corrected chi connectivity index (χ4v) is 2.82. The fourth-order valence-electron chi connectivity index (χ4n) is 2.01. The van der Waals surface area contributed by atoms with Crippen molar-refractivity contribution in [2.75, 3.05) is 0 Å². The lowest BCUT2D eigenvalue weighted by atomic mass is 10.1. The summed E-state index contributed by atoms with van der Waals surface area (Å²) in [6, 6.07) is 9.84. The zero-order valence-corrected chi connectivity index (χ0v) is 15.0. The molecular weight excluding hydrogens is 308 g/mol. The molecule has 0 aliphatic heterocycles. The van der Waals surface area contributed by atoms with E-state index in [1.165, 1.54) is 4.88 Å². The number of carbonyl (C=O) groups excluding carboxylic acids is 1. The molecule has 0 bridgehead atoms. The van der Waals surface area contributed by atoms with Crippen LogP contribution in [-0.2, 0) is 4.79 Å². The molecule has 0 aliphatic carbocycles. The minimum atomic E-state index is -0.614. The molecule has 23 heavy (non-hydrogen) atoms. The number of rotatable bonds is 5. The van der Waals surface area contributed by atoms with Gasteiger partial charge in [-0.1, -0.05) is 12.1 Å². The van der Waals surface area contributed by atoms with Crippen molar-refractivity contribution < 1.29 is 9.53 Å². The molecule has 1 aromatic carbocycles. The van der Waals surface area contributed by atoms with Gasteiger partial charge >= 0.3 is 0 Å². The van der Waals surface area contributed by atoms with Crippen LogP contribution in [0.1, 0.15) is 34.7 Å². The summed E-state index contributed by atoms with van der Waals surface area (Å²) in [7, 11) is 0. The number of hydrogen-bond donors (Lipinski definition) is 1. The third kappa shape index (κ3) is 4.42. The number of aryl methyl sites for hydroxylation is 2. The zero-order valence-electron chi connectivity index (χ0n) is 14.1. The second-order valence-corrected chi connectivity index (χ2v) is 6.83. The highest BCUT2D eigenvalue weighted by Gasteiger charge is 2.15. The van der Waals surface area contributed by atoms with Crippen molar-refractivity contribution in [3.8, 4) is 5.75 Å². The highest BCUT2D eigenvalue weighted by atomic mass is 32.1. The number of amides is 1. The van der Waals surface area contributed by atoms with Gasteiger partial charge in [-0.25, -0.2) is 5.43 Å². The van der Waals surface area contributed by atoms with Crippen molar-refractivity contribution in [3.05, 3.63) is 51.2 Å². The monoisotopic (exact) mass is 330 g/mol. The smallest absolute Gasteiger partial charge is 0.280 e. The van der Waals surface area contributed by atoms with E-state index in [1.807, 2.05) is 58.0 Å². The van der Waals surface area contributed by atoms with Crippen molar-refractivity contribution in [1.29, 1.82) is 0 Å². The van der Waals surface area contributed by atoms with Gasteiger partial charge in [0.25, 0.3) is 5.91 Å². The number of nitrogens with zero attached hydrogens (tertiary/aromatic N) is 1. The van der Waals surface area contributed by atoms with E-state index in [9.17, 15) is 4.79 Å². The molecule has 0 fully saturated rings. The van der Waals surface area contributed by atoms with Crippen LogP contribution in [0.25, 0.3) is 0 Å². The lowest BCUT2D eigenvalue weighted by Gasteiger charge is -2.16. The molecule has 5 heteroatoms. The fraction of sp³-hybridized carbons (Fsp3) is 0.333. The number of ether oxygens (including phenoxy) is 1. The second kappa shape index (κ2) is 7.42. The number of nitrogens with one attached hydrogen (secondary N) is 1. The molecule has 2 rings (SSSR count). The molecule has 0 saturated heterocycles. The molecule has 2 aromatic rings. The summed E-state index contributed by atoms with van der Waals surface area (Å²) in [6.45, 7) is 9.64. The van der Waals surface area contributed by atoms with Crippen molar-refractivity contribution in [2.45, 2.75) is 40.7 Å². The highest BCUT2D eigenvalue weighted by Crippen LogP contribution is 2.21.